The third-order valence-electron chi connectivity index (χ3n) is 5.97. The minimum Gasteiger partial charge on any atom is -0.379 e. The van der Waals surface area contributed by atoms with Gasteiger partial charge in [-0.25, -0.2) is 14.4 Å². The highest BCUT2D eigenvalue weighted by atomic mass is 19.1. The Morgan fingerprint density at radius 2 is 1.79 bits per heavy atom. The number of aromatic nitrogens is 2. The van der Waals surface area contributed by atoms with Gasteiger partial charge in [-0.05, 0) is 37.1 Å². The minimum absolute atomic E-state index is 0.0656. The zero-order chi connectivity index (χ0) is 23.0. The highest BCUT2D eigenvalue weighted by Gasteiger charge is 2.26. The fraction of sp³-hybridized carbons (Fsp3) is 0.478. The molecule has 9 nitrogen and oxygen atoms in total. The lowest BCUT2D eigenvalue weighted by atomic mass is 9.96. The molecule has 2 aliphatic heterocycles. The number of anilines is 3. The first-order chi connectivity index (χ1) is 16.1. The van der Waals surface area contributed by atoms with Gasteiger partial charge in [-0.1, -0.05) is 0 Å². The highest BCUT2D eigenvalue weighted by molar-refractivity contribution is 5.95. The van der Waals surface area contributed by atoms with Crippen LogP contribution < -0.4 is 15.5 Å². The Bertz CT molecular complexity index is 946. The molecule has 3 heterocycles. The topological polar surface area (TPSA) is 99.7 Å². The van der Waals surface area contributed by atoms with Crippen LogP contribution >= 0.6 is 0 Å². The maximum Gasteiger partial charge on any atom is 0.227 e. The highest BCUT2D eigenvalue weighted by Crippen LogP contribution is 2.24. The number of nitrogens with zero attached hydrogens (tertiary/aromatic N) is 4. The first-order valence-electron chi connectivity index (χ1n) is 11.3. The molecule has 10 heteroatoms. The molecule has 0 radical (unpaired) electrons. The minimum atomic E-state index is -0.538. The largest absolute Gasteiger partial charge is 0.379 e. The molecule has 2 aromatic rings. The molecule has 0 saturated carbocycles. The summed E-state index contributed by atoms with van der Waals surface area (Å²) in [5.74, 6) is -0.395. The SMILES string of the molecule is O=C(CCN1CCOCC1)Nc1cc(NC(=O)C2CCN(c3ncccn3)CC2)ccc1F. The van der Waals surface area contributed by atoms with Crippen molar-refractivity contribution in [3.05, 3.63) is 42.5 Å². The number of hydrogen-bond acceptors (Lipinski definition) is 7. The van der Waals surface area contributed by atoms with Crippen LogP contribution in [0.3, 0.4) is 0 Å². The van der Waals surface area contributed by atoms with E-state index in [1.165, 1.54) is 18.2 Å². The molecule has 2 N–H and O–H groups in total. The van der Waals surface area contributed by atoms with Crippen LogP contribution in [-0.4, -0.2) is 72.6 Å². The van der Waals surface area contributed by atoms with Gasteiger partial charge in [0.2, 0.25) is 17.8 Å². The van der Waals surface area contributed by atoms with E-state index in [0.29, 0.717) is 57.3 Å². The van der Waals surface area contributed by atoms with Crippen molar-refractivity contribution >= 4 is 29.1 Å². The summed E-state index contributed by atoms with van der Waals surface area (Å²) in [6, 6.07) is 5.99. The van der Waals surface area contributed by atoms with Gasteiger partial charge < -0.3 is 20.3 Å². The van der Waals surface area contributed by atoms with E-state index in [9.17, 15) is 14.0 Å². The number of benzene rings is 1. The van der Waals surface area contributed by atoms with Crippen LogP contribution in [0.15, 0.2) is 36.7 Å². The third-order valence-corrected chi connectivity index (χ3v) is 5.97. The third kappa shape index (κ3) is 6.45. The standard InChI is InChI=1S/C23H29FN6O3/c24-19-3-2-18(16-20(19)28-21(31)6-9-29-12-14-33-15-13-29)27-22(32)17-4-10-30(11-5-17)23-25-7-1-8-26-23/h1-3,7-8,16-17H,4-6,9-15H2,(H,27,32)(H,28,31). The number of halogens is 1. The lowest BCUT2D eigenvalue weighted by Crippen LogP contribution is -2.39. The molecular weight excluding hydrogens is 427 g/mol. The van der Waals surface area contributed by atoms with Crippen molar-refractivity contribution in [2.75, 3.05) is 61.5 Å². The molecule has 0 aliphatic carbocycles. The van der Waals surface area contributed by atoms with Crippen LogP contribution in [0.2, 0.25) is 0 Å². The predicted molar refractivity (Wildman–Crippen MR) is 123 cm³/mol. The van der Waals surface area contributed by atoms with Gasteiger partial charge in [-0.15, -0.1) is 0 Å². The smallest absolute Gasteiger partial charge is 0.227 e. The second kappa shape index (κ2) is 11.2. The van der Waals surface area contributed by atoms with E-state index in [0.717, 1.165) is 13.1 Å². The zero-order valence-corrected chi connectivity index (χ0v) is 18.5. The van der Waals surface area contributed by atoms with Crippen molar-refractivity contribution in [3.63, 3.8) is 0 Å². The molecular formula is C23H29FN6O3. The van der Waals surface area contributed by atoms with E-state index in [1.54, 1.807) is 18.5 Å². The summed E-state index contributed by atoms with van der Waals surface area (Å²) >= 11 is 0. The molecule has 176 valence electrons. The Kier molecular flexibility index (Phi) is 7.79. The Balaban J connectivity index is 1.27. The first kappa shape index (κ1) is 23.1. The van der Waals surface area contributed by atoms with Crippen molar-refractivity contribution in [2.45, 2.75) is 19.3 Å². The van der Waals surface area contributed by atoms with E-state index in [-0.39, 0.29) is 29.8 Å². The fourth-order valence-corrected chi connectivity index (χ4v) is 4.04. The fourth-order valence-electron chi connectivity index (χ4n) is 4.04. The van der Waals surface area contributed by atoms with Crippen molar-refractivity contribution in [3.8, 4) is 0 Å². The van der Waals surface area contributed by atoms with Crippen molar-refractivity contribution in [1.82, 2.24) is 14.9 Å². The number of amides is 2. The normalized spacial score (nSPS) is 17.5. The zero-order valence-electron chi connectivity index (χ0n) is 18.5. The first-order valence-corrected chi connectivity index (χ1v) is 11.3. The van der Waals surface area contributed by atoms with Gasteiger partial charge in [0.25, 0.3) is 0 Å². The molecule has 2 fully saturated rings. The van der Waals surface area contributed by atoms with Crippen LogP contribution in [-0.2, 0) is 14.3 Å². The summed E-state index contributed by atoms with van der Waals surface area (Å²) in [4.78, 5) is 37.8. The number of rotatable bonds is 7. The van der Waals surface area contributed by atoms with E-state index < -0.39 is 5.82 Å². The number of carbonyl (C=O) groups is 2. The van der Waals surface area contributed by atoms with E-state index in [4.69, 9.17) is 4.74 Å². The number of nitrogens with one attached hydrogen (secondary N) is 2. The summed E-state index contributed by atoms with van der Waals surface area (Å²) < 4.78 is 19.5. The van der Waals surface area contributed by atoms with Gasteiger partial charge in [-0.2, -0.15) is 0 Å². The van der Waals surface area contributed by atoms with Crippen molar-refractivity contribution in [1.29, 1.82) is 0 Å². The quantitative estimate of drug-likeness (QED) is 0.658. The average Bonchev–Trinajstić information content (AvgIpc) is 2.86. The van der Waals surface area contributed by atoms with E-state index in [1.807, 2.05) is 0 Å². The Morgan fingerprint density at radius 1 is 1.06 bits per heavy atom. The Hall–Kier alpha value is -3.11. The second-order valence-corrected chi connectivity index (χ2v) is 8.25. The van der Waals surface area contributed by atoms with Gasteiger partial charge in [0, 0.05) is 63.1 Å². The molecule has 0 bridgehead atoms. The summed E-state index contributed by atoms with van der Waals surface area (Å²) in [6.45, 7) is 4.89. The van der Waals surface area contributed by atoms with Crippen LogP contribution in [0.1, 0.15) is 19.3 Å². The lowest BCUT2D eigenvalue weighted by molar-refractivity contribution is -0.120. The lowest BCUT2D eigenvalue weighted by Gasteiger charge is -2.31. The molecule has 2 saturated heterocycles. The number of piperidine rings is 1. The molecule has 0 unspecified atom stereocenters. The average molecular weight is 457 g/mol. The summed E-state index contributed by atoms with van der Waals surface area (Å²) in [5.41, 5.74) is 0.523. The summed E-state index contributed by atoms with van der Waals surface area (Å²) in [7, 11) is 0. The van der Waals surface area contributed by atoms with E-state index >= 15 is 0 Å². The molecule has 4 rings (SSSR count). The molecule has 33 heavy (non-hydrogen) atoms. The molecule has 0 atom stereocenters. The van der Waals surface area contributed by atoms with Crippen LogP contribution in [0.4, 0.5) is 21.7 Å². The number of morpholine rings is 1. The van der Waals surface area contributed by atoms with Gasteiger partial charge in [0.15, 0.2) is 0 Å². The van der Waals surface area contributed by atoms with Gasteiger partial charge >= 0.3 is 0 Å². The molecule has 1 aromatic carbocycles. The van der Waals surface area contributed by atoms with Crippen molar-refractivity contribution < 1.29 is 18.7 Å². The van der Waals surface area contributed by atoms with Crippen LogP contribution in [0, 0.1) is 11.7 Å². The van der Waals surface area contributed by atoms with Gasteiger partial charge in [0.05, 0.1) is 18.9 Å². The van der Waals surface area contributed by atoms with Crippen LogP contribution in [0.25, 0.3) is 0 Å². The molecule has 2 amide bonds. The van der Waals surface area contributed by atoms with Gasteiger partial charge in [0.1, 0.15) is 5.82 Å². The Labute approximate surface area is 192 Å². The summed E-state index contributed by atoms with van der Waals surface area (Å²) in [5, 5.41) is 5.49. The monoisotopic (exact) mass is 456 g/mol. The summed E-state index contributed by atoms with van der Waals surface area (Å²) in [6.07, 6.45) is 5.02. The molecule has 1 aromatic heterocycles. The maximum atomic E-state index is 14.2. The predicted octanol–water partition coefficient (Wildman–Crippen LogP) is 2.13. The van der Waals surface area contributed by atoms with Crippen molar-refractivity contribution in [2.24, 2.45) is 5.92 Å². The Morgan fingerprint density at radius 3 is 2.52 bits per heavy atom. The number of ether oxygens (including phenoxy) is 1. The number of hydrogen-bond donors (Lipinski definition) is 2. The maximum absolute atomic E-state index is 14.2. The van der Waals surface area contributed by atoms with E-state index in [2.05, 4.69) is 30.4 Å². The number of carbonyl (C=O) groups excluding carboxylic acids is 2. The molecule has 2 aliphatic rings. The van der Waals surface area contributed by atoms with Gasteiger partial charge in [-0.3, -0.25) is 14.5 Å². The second-order valence-electron chi connectivity index (χ2n) is 8.25. The van der Waals surface area contributed by atoms with Crippen LogP contribution in [0.5, 0.6) is 0 Å². The molecule has 0 spiro atoms.